The predicted molar refractivity (Wildman–Crippen MR) is 124 cm³/mol. The van der Waals surface area contributed by atoms with Crippen LogP contribution in [0.5, 0.6) is 0 Å². The largest absolute Gasteiger partial charge is 0.358 e. The number of rotatable bonds is 14. The van der Waals surface area contributed by atoms with Gasteiger partial charge in [0.1, 0.15) is 16.3 Å². The van der Waals surface area contributed by atoms with Crippen LogP contribution >= 0.6 is 34.4 Å². The molecular weight excluding hydrogens is 442 g/mol. The molecule has 2 aromatic rings. The summed E-state index contributed by atoms with van der Waals surface area (Å²) in [7, 11) is 0. The second-order valence-corrected chi connectivity index (χ2v) is 10.7. The number of carbonyl (C=O) groups is 2. The lowest BCUT2D eigenvalue weighted by atomic mass is 9.98. The van der Waals surface area contributed by atoms with Crippen molar-refractivity contribution in [3.05, 3.63) is 10.0 Å². The molecule has 0 saturated heterocycles. The lowest BCUT2D eigenvalue weighted by Crippen LogP contribution is -2.30. The lowest BCUT2D eigenvalue weighted by molar-refractivity contribution is -0.119. The Balaban J connectivity index is 1.63. The Morgan fingerprint density at radius 1 is 1.07 bits per heavy atom. The number of nitrogens with two attached hydrogens (primary N) is 1. The molecule has 0 spiro atoms. The van der Waals surface area contributed by atoms with Crippen LogP contribution in [0.4, 0.5) is 10.3 Å². The maximum atomic E-state index is 12.2. The highest BCUT2D eigenvalue weighted by Gasteiger charge is 2.16. The SMILES string of the molecule is CC(C)CC(C)C(=O)Nc1nnc(CCSCCc2nnc(NC[C@@H](N)C=O)s2)s1. The molecule has 2 heterocycles. The molecule has 0 aliphatic carbocycles. The van der Waals surface area contributed by atoms with Crippen LogP contribution in [0, 0.1) is 11.8 Å². The Morgan fingerprint density at radius 3 is 2.27 bits per heavy atom. The number of hydrogen-bond donors (Lipinski definition) is 3. The van der Waals surface area contributed by atoms with Gasteiger partial charge in [-0.25, -0.2) is 0 Å². The van der Waals surface area contributed by atoms with Crippen molar-refractivity contribution in [2.45, 2.75) is 46.1 Å². The minimum absolute atomic E-state index is 0.000154. The van der Waals surface area contributed by atoms with Crippen molar-refractivity contribution < 1.29 is 9.59 Å². The molecule has 12 heteroatoms. The van der Waals surface area contributed by atoms with E-state index in [1.807, 2.05) is 18.7 Å². The maximum absolute atomic E-state index is 12.2. The van der Waals surface area contributed by atoms with Crippen LogP contribution in [-0.2, 0) is 22.4 Å². The standard InChI is InChI=1S/C18H29N7O2S3/c1-11(2)8-12(3)16(27)21-18-25-23-15(30-18)5-7-28-6-4-14-22-24-17(29-14)20-9-13(19)10-26/h10-13H,4-9,19H2,1-3H3,(H,20,24)(H,21,25,27)/t12?,13-/m1/s1. The summed E-state index contributed by atoms with van der Waals surface area (Å²) >= 11 is 4.72. The van der Waals surface area contributed by atoms with Crippen molar-refractivity contribution >= 4 is 56.9 Å². The van der Waals surface area contributed by atoms with Gasteiger partial charge in [-0.15, -0.1) is 20.4 Å². The van der Waals surface area contributed by atoms with Gasteiger partial charge < -0.3 is 21.2 Å². The third-order valence-electron chi connectivity index (χ3n) is 4.02. The van der Waals surface area contributed by atoms with E-state index in [0.717, 1.165) is 40.8 Å². The monoisotopic (exact) mass is 471 g/mol. The molecule has 9 nitrogen and oxygen atoms in total. The van der Waals surface area contributed by atoms with Crippen LogP contribution in [0.25, 0.3) is 0 Å². The highest BCUT2D eigenvalue weighted by Crippen LogP contribution is 2.21. The normalized spacial score (nSPS) is 13.2. The van der Waals surface area contributed by atoms with Gasteiger partial charge in [-0.05, 0) is 23.8 Å². The van der Waals surface area contributed by atoms with Gasteiger partial charge in [-0.3, -0.25) is 4.79 Å². The highest BCUT2D eigenvalue weighted by molar-refractivity contribution is 7.99. The van der Waals surface area contributed by atoms with E-state index in [4.69, 9.17) is 5.73 Å². The summed E-state index contributed by atoms with van der Waals surface area (Å²) in [6, 6.07) is -0.537. The van der Waals surface area contributed by atoms with Crippen LogP contribution in [0.2, 0.25) is 0 Å². The number of nitrogens with one attached hydrogen (secondary N) is 2. The molecule has 0 aliphatic heterocycles. The number of hydrogen-bond acceptors (Lipinski definition) is 11. The molecular formula is C18H29N7O2S3. The van der Waals surface area contributed by atoms with E-state index in [2.05, 4.69) is 44.9 Å². The molecule has 0 saturated carbocycles. The van der Waals surface area contributed by atoms with E-state index < -0.39 is 6.04 Å². The van der Waals surface area contributed by atoms with Crippen molar-refractivity contribution in [2.75, 3.05) is 28.7 Å². The first-order valence-corrected chi connectivity index (χ1v) is 12.6. The fourth-order valence-electron chi connectivity index (χ4n) is 2.55. The van der Waals surface area contributed by atoms with Gasteiger partial charge in [-0.1, -0.05) is 43.4 Å². The molecule has 2 rings (SSSR count). The Morgan fingerprint density at radius 2 is 1.67 bits per heavy atom. The number of nitrogens with zero attached hydrogens (tertiary/aromatic N) is 4. The second kappa shape index (κ2) is 12.9. The van der Waals surface area contributed by atoms with E-state index in [-0.39, 0.29) is 11.8 Å². The van der Waals surface area contributed by atoms with Gasteiger partial charge in [-0.2, -0.15) is 11.8 Å². The first-order chi connectivity index (χ1) is 14.4. The van der Waals surface area contributed by atoms with Gasteiger partial charge >= 0.3 is 0 Å². The van der Waals surface area contributed by atoms with E-state index in [1.165, 1.54) is 22.7 Å². The van der Waals surface area contributed by atoms with Crippen LogP contribution in [-0.4, -0.2) is 56.7 Å². The summed E-state index contributed by atoms with van der Waals surface area (Å²) in [5, 5.41) is 25.4. The zero-order valence-electron chi connectivity index (χ0n) is 17.5. The Bertz CT molecular complexity index is 796. The van der Waals surface area contributed by atoms with Gasteiger partial charge in [0.05, 0.1) is 6.04 Å². The van der Waals surface area contributed by atoms with Crippen LogP contribution in [0.1, 0.15) is 37.2 Å². The smallest absolute Gasteiger partial charge is 0.229 e. The molecule has 2 aromatic heterocycles. The highest BCUT2D eigenvalue weighted by atomic mass is 32.2. The number of carbonyl (C=O) groups excluding carboxylic acids is 2. The molecule has 0 aliphatic rings. The number of anilines is 2. The minimum atomic E-state index is -0.537. The van der Waals surface area contributed by atoms with Gasteiger partial charge in [0.25, 0.3) is 0 Å². The Hall–Kier alpha value is -1.63. The predicted octanol–water partition coefficient (Wildman–Crippen LogP) is 2.47. The fraction of sp³-hybridized carbons (Fsp3) is 0.667. The molecule has 1 amide bonds. The molecule has 0 radical (unpaired) electrons. The minimum Gasteiger partial charge on any atom is -0.358 e. The molecule has 0 aromatic carbocycles. The third-order valence-corrected chi connectivity index (χ3v) is 6.85. The fourth-order valence-corrected chi connectivity index (χ4v) is 5.17. The summed E-state index contributed by atoms with van der Waals surface area (Å²) < 4.78 is 0. The van der Waals surface area contributed by atoms with Gasteiger partial charge in [0, 0.05) is 25.3 Å². The number of aromatic nitrogens is 4. The Kier molecular flexibility index (Phi) is 10.6. The third kappa shape index (κ3) is 9.02. The van der Waals surface area contributed by atoms with Gasteiger partial charge in [0.2, 0.25) is 16.2 Å². The molecule has 0 bridgehead atoms. The molecule has 2 atom stereocenters. The Labute approximate surface area is 189 Å². The number of amides is 1. The molecule has 1 unspecified atom stereocenters. The first-order valence-electron chi connectivity index (χ1n) is 9.85. The second-order valence-electron chi connectivity index (χ2n) is 7.31. The van der Waals surface area contributed by atoms with E-state index >= 15 is 0 Å². The first kappa shape index (κ1) is 24.6. The van der Waals surface area contributed by atoms with Crippen molar-refractivity contribution in [3.8, 4) is 0 Å². The maximum Gasteiger partial charge on any atom is 0.229 e. The number of aryl methyl sites for hydroxylation is 2. The van der Waals surface area contributed by atoms with Crippen molar-refractivity contribution in [1.82, 2.24) is 20.4 Å². The lowest BCUT2D eigenvalue weighted by Gasteiger charge is -2.12. The average Bonchev–Trinajstić information content (AvgIpc) is 3.34. The number of aldehydes is 1. The molecule has 166 valence electrons. The van der Waals surface area contributed by atoms with E-state index in [0.29, 0.717) is 29.0 Å². The van der Waals surface area contributed by atoms with Crippen LogP contribution < -0.4 is 16.4 Å². The molecule has 4 N–H and O–H groups in total. The van der Waals surface area contributed by atoms with Crippen LogP contribution in [0.15, 0.2) is 0 Å². The topological polar surface area (TPSA) is 136 Å². The molecule has 30 heavy (non-hydrogen) atoms. The van der Waals surface area contributed by atoms with E-state index in [1.54, 1.807) is 0 Å². The zero-order chi connectivity index (χ0) is 21.9. The summed E-state index contributed by atoms with van der Waals surface area (Å²) in [6.45, 7) is 6.51. The quantitative estimate of drug-likeness (QED) is 0.280. The van der Waals surface area contributed by atoms with Crippen molar-refractivity contribution in [1.29, 1.82) is 0 Å². The number of thioether (sulfide) groups is 1. The summed E-state index contributed by atoms with van der Waals surface area (Å²) in [5.74, 6) is 2.30. The zero-order valence-corrected chi connectivity index (χ0v) is 19.9. The van der Waals surface area contributed by atoms with Crippen LogP contribution in [0.3, 0.4) is 0 Å². The average molecular weight is 472 g/mol. The summed E-state index contributed by atoms with van der Waals surface area (Å²) in [6.07, 6.45) is 3.20. The van der Waals surface area contributed by atoms with Crippen molar-refractivity contribution in [3.63, 3.8) is 0 Å². The van der Waals surface area contributed by atoms with Gasteiger partial charge in [0.15, 0.2) is 0 Å². The van der Waals surface area contributed by atoms with Crippen molar-refractivity contribution in [2.24, 2.45) is 17.6 Å². The summed E-state index contributed by atoms with van der Waals surface area (Å²) in [5.41, 5.74) is 5.54. The van der Waals surface area contributed by atoms with E-state index in [9.17, 15) is 9.59 Å². The molecule has 0 fully saturated rings. The summed E-state index contributed by atoms with van der Waals surface area (Å²) in [4.78, 5) is 22.7.